The van der Waals surface area contributed by atoms with Crippen LogP contribution in [0.5, 0.6) is 0 Å². The van der Waals surface area contributed by atoms with Crippen molar-refractivity contribution in [3.8, 4) is 49.4 Å². The highest BCUT2D eigenvalue weighted by molar-refractivity contribution is 8.93. The first-order chi connectivity index (χ1) is 12.4. The third-order valence-corrected chi connectivity index (χ3v) is 6.96. The second-order valence-electron chi connectivity index (χ2n) is 7.91. The molecule has 0 aromatic heterocycles. The second-order valence-corrected chi connectivity index (χ2v) is 9.81. The van der Waals surface area contributed by atoms with E-state index in [1.54, 1.807) is 0 Å². The Morgan fingerprint density at radius 1 is 0.607 bits per heavy atom. The van der Waals surface area contributed by atoms with Crippen LogP contribution in [0.1, 0.15) is 77.0 Å². The predicted molar refractivity (Wildman–Crippen MR) is 142 cm³/mol. The van der Waals surface area contributed by atoms with E-state index in [4.69, 9.17) is 25.7 Å². The van der Waals surface area contributed by atoms with E-state index in [0.29, 0.717) is 11.8 Å². The molecule has 0 spiro atoms. The Labute approximate surface area is 205 Å². The van der Waals surface area contributed by atoms with Gasteiger partial charge in [-0.2, -0.15) is 25.3 Å². The van der Waals surface area contributed by atoms with Crippen LogP contribution in [0.4, 0.5) is 0 Å². The largest absolute Gasteiger partial charge is 0.172 e. The molecule has 0 unspecified atom stereocenters. The highest BCUT2D eigenvalue weighted by atomic mass is 79.9. The minimum absolute atomic E-state index is 0. The van der Waals surface area contributed by atoms with Crippen LogP contribution in [0.2, 0.25) is 0 Å². The standard InChI is InChI=1S/2C12H16S.2BrH/c2*1-3-5-11-6-9-12(13,8-4-2)10-7-11;;/h2*1-2,11,13H,5-10H2;2*1H. The highest BCUT2D eigenvalue weighted by Crippen LogP contribution is 2.40. The van der Waals surface area contributed by atoms with Gasteiger partial charge in [-0.15, -0.1) is 83.3 Å². The number of halogens is 2. The second kappa shape index (κ2) is 15.7. The van der Waals surface area contributed by atoms with Gasteiger partial charge >= 0.3 is 0 Å². The third-order valence-electron chi connectivity index (χ3n) is 5.75. The maximum atomic E-state index is 5.31. The average molecular weight is 546 g/mol. The average Bonchev–Trinajstić information content (AvgIpc) is 2.61. The fraction of sp³-hybridized carbons (Fsp3) is 0.667. The molecule has 0 aromatic rings. The molecule has 2 aliphatic carbocycles. The molecule has 0 bridgehead atoms. The number of hydrogen-bond donors (Lipinski definition) is 2. The molecule has 0 N–H and O–H groups in total. The van der Waals surface area contributed by atoms with Crippen molar-refractivity contribution >= 4 is 59.2 Å². The molecule has 2 saturated carbocycles. The Morgan fingerprint density at radius 3 is 1.11 bits per heavy atom. The normalized spacial score (nSPS) is 30.9. The van der Waals surface area contributed by atoms with Gasteiger partial charge in [0, 0.05) is 35.2 Å². The van der Waals surface area contributed by atoms with Crippen molar-refractivity contribution in [3.63, 3.8) is 0 Å². The molecular formula is C24H34Br2S2. The fourth-order valence-corrected chi connectivity index (χ4v) is 4.60. The van der Waals surface area contributed by atoms with Gasteiger partial charge in [-0.1, -0.05) is 0 Å². The molecule has 0 atom stereocenters. The lowest BCUT2D eigenvalue weighted by Gasteiger charge is -2.34. The lowest BCUT2D eigenvalue weighted by molar-refractivity contribution is 0.310. The number of rotatable bonds is 4. The van der Waals surface area contributed by atoms with Gasteiger partial charge in [0.2, 0.25) is 0 Å². The zero-order valence-electron chi connectivity index (χ0n) is 16.7. The van der Waals surface area contributed by atoms with E-state index in [2.05, 4.69) is 48.9 Å². The Kier molecular flexibility index (Phi) is 16.9. The van der Waals surface area contributed by atoms with Gasteiger partial charge in [0.05, 0.1) is 0 Å². The lowest BCUT2D eigenvalue weighted by atomic mass is 9.79. The molecule has 4 heteroatoms. The molecule has 0 amide bonds. The lowest BCUT2D eigenvalue weighted by Crippen LogP contribution is -2.28. The van der Waals surface area contributed by atoms with E-state index in [9.17, 15) is 0 Å². The maximum absolute atomic E-state index is 5.31. The van der Waals surface area contributed by atoms with E-state index in [1.165, 1.54) is 25.7 Å². The van der Waals surface area contributed by atoms with Gasteiger partial charge in [-0.3, -0.25) is 0 Å². The van der Waals surface area contributed by atoms with E-state index in [0.717, 1.165) is 51.4 Å². The first-order valence-corrected chi connectivity index (χ1v) is 10.5. The summed E-state index contributed by atoms with van der Waals surface area (Å²) in [5.74, 6) is 12.3. The summed E-state index contributed by atoms with van der Waals surface area (Å²) in [6, 6.07) is 0. The van der Waals surface area contributed by atoms with Crippen molar-refractivity contribution in [3.05, 3.63) is 0 Å². The van der Waals surface area contributed by atoms with E-state index < -0.39 is 0 Å². The fourth-order valence-electron chi connectivity index (χ4n) is 3.90. The van der Waals surface area contributed by atoms with Crippen LogP contribution in [0.25, 0.3) is 0 Å². The molecule has 28 heavy (non-hydrogen) atoms. The zero-order valence-corrected chi connectivity index (χ0v) is 21.9. The van der Waals surface area contributed by atoms with Gasteiger partial charge in [0.15, 0.2) is 0 Å². The summed E-state index contributed by atoms with van der Waals surface area (Å²) in [6.45, 7) is 0. The van der Waals surface area contributed by atoms with Crippen molar-refractivity contribution in [2.75, 3.05) is 0 Å². The smallest absolute Gasteiger partial charge is 0.0239 e. The Hall–Kier alpha value is -0.100. The summed E-state index contributed by atoms with van der Waals surface area (Å²) in [5.41, 5.74) is 0. The molecular weight excluding hydrogens is 512 g/mol. The SMILES string of the molecule is Br.Br.C#CCC1CCC(S)(CC#C)CC1.C#CCC1CCC(S)(CC#C)CC1. The summed E-state index contributed by atoms with van der Waals surface area (Å²) in [4.78, 5) is 0. The Balaban J connectivity index is 0. The molecule has 0 radical (unpaired) electrons. The third kappa shape index (κ3) is 11.2. The number of hydrogen-bond acceptors (Lipinski definition) is 2. The van der Waals surface area contributed by atoms with Gasteiger partial charge < -0.3 is 0 Å². The molecule has 0 saturated heterocycles. The molecule has 0 nitrogen and oxygen atoms in total. The van der Waals surface area contributed by atoms with Crippen LogP contribution in [0.3, 0.4) is 0 Å². The molecule has 0 aromatic carbocycles. The summed E-state index contributed by atoms with van der Waals surface area (Å²) in [7, 11) is 0. The zero-order chi connectivity index (χ0) is 19.5. The first-order valence-electron chi connectivity index (χ1n) is 9.59. The quantitative estimate of drug-likeness (QED) is 0.277. The summed E-state index contributed by atoms with van der Waals surface area (Å²) >= 11 is 9.29. The van der Waals surface area contributed by atoms with Crippen LogP contribution in [-0.2, 0) is 0 Å². The monoisotopic (exact) mass is 544 g/mol. The maximum Gasteiger partial charge on any atom is 0.0239 e. The number of terminal acetylenes is 4. The van der Waals surface area contributed by atoms with Crippen molar-refractivity contribution in [2.24, 2.45) is 11.8 Å². The Bertz CT molecular complexity index is 530. The summed E-state index contributed by atoms with van der Waals surface area (Å²) in [5, 5.41) is 0. The van der Waals surface area contributed by atoms with E-state index in [1.807, 2.05) is 0 Å². The van der Waals surface area contributed by atoms with Crippen molar-refractivity contribution in [2.45, 2.75) is 86.5 Å². The summed E-state index contributed by atoms with van der Waals surface area (Å²) < 4.78 is 0.194. The molecule has 0 aliphatic heterocycles. The number of thiol groups is 2. The van der Waals surface area contributed by atoms with Crippen LogP contribution in [0, 0.1) is 61.2 Å². The van der Waals surface area contributed by atoms with Crippen molar-refractivity contribution in [1.82, 2.24) is 0 Å². The predicted octanol–water partition coefficient (Wildman–Crippen LogP) is 6.94. The molecule has 0 heterocycles. The minimum atomic E-state index is 0. The van der Waals surface area contributed by atoms with E-state index >= 15 is 0 Å². The van der Waals surface area contributed by atoms with Crippen LogP contribution < -0.4 is 0 Å². The molecule has 2 fully saturated rings. The minimum Gasteiger partial charge on any atom is -0.172 e. The van der Waals surface area contributed by atoms with Gasteiger partial charge in [0.25, 0.3) is 0 Å². The summed E-state index contributed by atoms with van der Waals surface area (Å²) in [6.07, 6.45) is 33.8. The van der Waals surface area contributed by atoms with Crippen LogP contribution in [0.15, 0.2) is 0 Å². The highest BCUT2D eigenvalue weighted by Gasteiger charge is 2.31. The van der Waals surface area contributed by atoms with Crippen molar-refractivity contribution in [1.29, 1.82) is 0 Å². The molecule has 156 valence electrons. The van der Waals surface area contributed by atoms with Crippen LogP contribution >= 0.6 is 59.2 Å². The molecule has 2 aliphatic rings. The Morgan fingerprint density at radius 2 is 0.893 bits per heavy atom. The van der Waals surface area contributed by atoms with E-state index in [-0.39, 0.29) is 43.5 Å². The van der Waals surface area contributed by atoms with Gasteiger partial charge in [0.1, 0.15) is 0 Å². The van der Waals surface area contributed by atoms with Crippen molar-refractivity contribution < 1.29 is 0 Å². The molecule has 2 rings (SSSR count). The van der Waals surface area contributed by atoms with Crippen LogP contribution in [-0.4, -0.2) is 9.49 Å². The first kappa shape index (κ1) is 30.1. The van der Waals surface area contributed by atoms with Gasteiger partial charge in [-0.05, 0) is 63.2 Å². The topological polar surface area (TPSA) is 0 Å². The van der Waals surface area contributed by atoms with Gasteiger partial charge in [-0.25, -0.2) is 0 Å².